The number of ether oxygens (including phenoxy) is 1. The van der Waals surface area contributed by atoms with Crippen LogP contribution in [0.25, 0.3) is 11.2 Å². The summed E-state index contributed by atoms with van der Waals surface area (Å²) in [4.78, 5) is 48.5. The van der Waals surface area contributed by atoms with Crippen LogP contribution in [0.15, 0.2) is 6.33 Å². The van der Waals surface area contributed by atoms with Crippen LogP contribution in [-0.2, 0) is 31.6 Å². The number of aliphatic hydroxyl groups is 2. The van der Waals surface area contributed by atoms with Crippen molar-refractivity contribution in [2.75, 3.05) is 30.7 Å². The SMILES string of the molecule is NCCCCCCNc1nc2c(N)ncnc2n1C1O[C@H](COP(=O)(O)OP(=O)(O)OP(=O)(O)O)[C@@H](O)[C@H]1O. The Balaban J connectivity index is 1.75. The molecule has 0 saturated carbocycles. The Morgan fingerprint density at radius 3 is 2.36 bits per heavy atom. The van der Waals surface area contributed by atoms with Crippen molar-refractivity contribution in [3.63, 3.8) is 0 Å². The molecule has 0 amide bonds. The number of anilines is 2. The van der Waals surface area contributed by atoms with E-state index in [-0.39, 0.29) is 22.9 Å². The van der Waals surface area contributed by atoms with Crippen LogP contribution >= 0.6 is 23.5 Å². The van der Waals surface area contributed by atoms with Gasteiger partial charge in [-0.1, -0.05) is 12.8 Å². The molecule has 2 aromatic rings. The second kappa shape index (κ2) is 12.9. The quantitative estimate of drug-likeness (QED) is 0.0876. The van der Waals surface area contributed by atoms with Crippen LogP contribution < -0.4 is 16.8 Å². The van der Waals surface area contributed by atoms with E-state index >= 15 is 0 Å². The van der Waals surface area contributed by atoms with Gasteiger partial charge in [-0.25, -0.2) is 28.6 Å². The third-order valence-electron chi connectivity index (χ3n) is 5.33. The van der Waals surface area contributed by atoms with Gasteiger partial charge in [0.25, 0.3) is 0 Å². The Morgan fingerprint density at radius 1 is 1.00 bits per heavy atom. The smallest absolute Gasteiger partial charge is 0.387 e. The van der Waals surface area contributed by atoms with Gasteiger partial charge in [-0.05, 0) is 19.4 Å². The summed E-state index contributed by atoms with van der Waals surface area (Å²) in [5, 5.41) is 24.3. The molecule has 0 bridgehead atoms. The maximum atomic E-state index is 12.0. The van der Waals surface area contributed by atoms with Crippen molar-refractivity contribution in [3.8, 4) is 0 Å². The van der Waals surface area contributed by atoms with Crippen LogP contribution in [0.1, 0.15) is 31.9 Å². The normalized spacial score (nSPS) is 25.0. The molecular weight excluding hydrogens is 591 g/mol. The van der Waals surface area contributed by atoms with Crippen molar-refractivity contribution >= 4 is 46.4 Å². The molecule has 11 N–H and O–H groups in total. The Bertz CT molecular complexity index is 1280. The van der Waals surface area contributed by atoms with E-state index in [0.717, 1.165) is 32.0 Å². The van der Waals surface area contributed by atoms with Gasteiger partial charge in [0.2, 0.25) is 5.95 Å². The second-order valence-electron chi connectivity index (χ2n) is 8.30. The number of nitrogen functional groups attached to an aromatic ring is 1. The summed E-state index contributed by atoms with van der Waals surface area (Å²) >= 11 is 0. The number of fused-ring (bicyclic) bond motifs is 1. The summed E-state index contributed by atoms with van der Waals surface area (Å²) in [6.07, 6.45) is -1.64. The summed E-state index contributed by atoms with van der Waals surface area (Å²) < 4.78 is 53.1. The minimum atomic E-state index is -5.74. The van der Waals surface area contributed by atoms with Gasteiger partial charge < -0.3 is 51.3 Å². The molecule has 39 heavy (non-hydrogen) atoms. The van der Waals surface area contributed by atoms with E-state index in [9.17, 15) is 33.7 Å². The molecule has 20 nitrogen and oxygen atoms in total. The zero-order valence-corrected chi connectivity index (χ0v) is 22.8. The highest BCUT2D eigenvalue weighted by Crippen LogP contribution is 2.66. The van der Waals surface area contributed by atoms with Crippen LogP contribution in [0.2, 0.25) is 0 Å². The van der Waals surface area contributed by atoms with Crippen LogP contribution in [0, 0.1) is 0 Å². The predicted octanol–water partition coefficient (Wildman–Crippen LogP) is -0.698. The van der Waals surface area contributed by atoms with E-state index in [1.807, 2.05) is 0 Å². The number of aromatic nitrogens is 4. The maximum Gasteiger partial charge on any atom is 0.490 e. The minimum absolute atomic E-state index is 0.0296. The van der Waals surface area contributed by atoms with Crippen molar-refractivity contribution in [1.82, 2.24) is 19.5 Å². The summed E-state index contributed by atoms with van der Waals surface area (Å²) in [6.45, 7) is 0.0672. The van der Waals surface area contributed by atoms with Gasteiger partial charge in [0.15, 0.2) is 23.2 Å². The van der Waals surface area contributed by atoms with E-state index in [2.05, 4.69) is 33.4 Å². The van der Waals surface area contributed by atoms with Crippen LogP contribution in [-0.4, -0.2) is 87.3 Å². The van der Waals surface area contributed by atoms with Gasteiger partial charge in [-0.2, -0.15) is 8.62 Å². The molecule has 3 unspecified atom stereocenters. The molecule has 3 heterocycles. The van der Waals surface area contributed by atoms with Crippen molar-refractivity contribution in [3.05, 3.63) is 6.33 Å². The summed E-state index contributed by atoms with van der Waals surface area (Å²) in [6, 6.07) is 0. The largest absolute Gasteiger partial charge is 0.490 e. The molecule has 23 heteroatoms. The first-order valence-corrected chi connectivity index (χ1v) is 15.9. The Morgan fingerprint density at radius 2 is 1.69 bits per heavy atom. The van der Waals surface area contributed by atoms with Gasteiger partial charge in [0.1, 0.15) is 24.6 Å². The lowest BCUT2D eigenvalue weighted by Gasteiger charge is -2.20. The topological polar surface area (TPSA) is 317 Å². The lowest BCUT2D eigenvalue weighted by molar-refractivity contribution is -0.0493. The first-order chi connectivity index (χ1) is 18.1. The molecule has 0 radical (unpaired) electrons. The molecule has 1 aliphatic heterocycles. The molecule has 0 aliphatic carbocycles. The van der Waals surface area contributed by atoms with E-state index in [4.69, 9.17) is 26.0 Å². The molecule has 0 aromatic carbocycles. The summed E-state index contributed by atoms with van der Waals surface area (Å²) in [7, 11) is -16.8. The molecule has 6 atom stereocenters. The number of hydrogen-bond donors (Lipinski definition) is 9. The summed E-state index contributed by atoms with van der Waals surface area (Å²) in [5.41, 5.74) is 11.7. The molecule has 1 aliphatic rings. The number of nitrogens with zero attached hydrogens (tertiary/aromatic N) is 4. The molecule has 0 spiro atoms. The highest BCUT2D eigenvalue weighted by atomic mass is 31.3. The minimum Gasteiger partial charge on any atom is -0.387 e. The van der Waals surface area contributed by atoms with Gasteiger partial charge in [-0.15, -0.1) is 0 Å². The maximum absolute atomic E-state index is 12.0. The molecule has 1 fully saturated rings. The first-order valence-electron chi connectivity index (χ1n) is 11.4. The van der Waals surface area contributed by atoms with Crippen molar-refractivity contribution in [1.29, 1.82) is 0 Å². The van der Waals surface area contributed by atoms with Crippen LogP contribution in [0.5, 0.6) is 0 Å². The zero-order chi connectivity index (χ0) is 29.0. The fourth-order valence-corrected chi connectivity index (χ4v) is 6.70. The highest BCUT2D eigenvalue weighted by Gasteiger charge is 2.47. The average molecular weight is 621 g/mol. The van der Waals surface area contributed by atoms with E-state index < -0.39 is 54.6 Å². The summed E-state index contributed by atoms with van der Waals surface area (Å²) in [5.74, 6) is 0.197. The number of nitrogens with one attached hydrogen (secondary N) is 1. The molecule has 3 rings (SSSR count). The number of unbranched alkanes of at least 4 members (excludes halogenated alkanes) is 3. The predicted molar refractivity (Wildman–Crippen MR) is 131 cm³/mol. The average Bonchev–Trinajstić information content (AvgIpc) is 3.30. The van der Waals surface area contributed by atoms with Gasteiger partial charge in [0.05, 0.1) is 6.61 Å². The number of imidazole rings is 1. The lowest BCUT2D eigenvalue weighted by atomic mass is 10.1. The number of aliphatic hydroxyl groups excluding tert-OH is 2. The zero-order valence-electron chi connectivity index (χ0n) is 20.2. The Labute approximate surface area is 220 Å². The van der Waals surface area contributed by atoms with Crippen LogP contribution in [0.3, 0.4) is 0 Å². The third-order valence-corrected chi connectivity index (χ3v) is 9.13. The molecule has 1 saturated heterocycles. The molecule has 222 valence electrons. The number of phosphoric acid groups is 3. The second-order valence-corrected chi connectivity index (χ2v) is 12.7. The van der Waals surface area contributed by atoms with Crippen molar-refractivity contribution < 1.29 is 61.4 Å². The van der Waals surface area contributed by atoms with Crippen molar-refractivity contribution in [2.24, 2.45) is 5.73 Å². The van der Waals surface area contributed by atoms with Gasteiger partial charge in [0, 0.05) is 6.54 Å². The number of nitrogens with two attached hydrogens (primary N) is 2. The van der Waals surface area contributed by atoms with Gasteiger partial charge >= 0.3 is 23.5 Å². The van der Waals surface area contributed by atoms with E-state index in [0.29, 0.717) is 13.1 Å². The Kier molecular flexibility index (Phi) is 10.6. The number of rotatable bonds is 15. The first kappa shape index (κ1) is 31.9. The fraction of sp³-hybridized carbons (Fsp3) is 0.688. The monoisotopic (exact) mass is 621 g/mol. The fourth-order valence-electron chi connectivity index (χ4n) is 3.67. The Hall–Kier alpha value is -1.60. The van der Waals surface area contributed by atoms with E-state index in [1.165, 1.54) is 4.57 Å². The van der Waals surface area contributed by atoms with E-state index in [1.54, 1.807) is 0 Å². The lowest BCUT2D eigenvalue weighted by Crippen LogP contribution is -2.33. The molecule has 2 aromatic heterocycles. The number of phosphoric ester groups is 1. The van der Waals surface area contributed by atoms with Crippen molar-refractivity contribution in [2.45, 2.75) is 50.2 Å². The highest BCUT2D eigenvalue weighted by molar-refractivity contribution is 7.66. The standard InChI is InChI=1S/C16H30N7O13P3/c17-5-3-1-2-4-6-19-16-22-10-13(18)20-8-21-14(10)23(16)15-12(25)11(24)9(34-15)7-33-38(29,30)36-39(31,32)35-37(26,27)28/h8-9,11-12,15,24-25H,1-7,17H2,(H,19,22)(H,29,30)(H,31,32)(H2,18,20,21)(H2,26,27,28)/t9-,11-,12-,15?/m1/s1. The molecular formula is C16H30N7O13P3. The number of hydrogen-bond acceptors (Lipinski definition) is 15. The van der Waals surface area contributed by atoms with Gasteiger partial charge in [-0.3, -0.25) is 9.09 Å². The third kappa shape index (κ3) is 8.69. The van der Waals surface area contributed by atoms with Crippen LogP contribution in [0.4, 0.5) is 11.8 Å².